The van der Waals surface area contributed by atoms with Crippen molar-refractivity contribution in [2.24, 2.45) is 0 Å². The molecule has 1 aromatic carbocycles. The topological polar surface area (TPSA) is 150 Å². The summed E-state index contributed by atoms with van der Waals surface area (Å²) in [7, 11) is -1.76. The maximum atomic E-state index is 12.9. The first-order chi connectivity index (χ1) is 15.5. The average Bonchev–Trinajstić information content (AvgIpc) is 3.32. The second-order valence-corrected chi connectivity index (χ2v) is 7.15. The fraction of sp³-hybridized carbons (Fsp3) is 0.286. The highest BCUT2D eigenvalue weighted by Crippen LogP contribution is 2.09. The van der Waals surface area contributed by atoms with Crippen LogP contribution in [0.1, 0.15) is 34.8 Å². The minimum atomic E-state index is -1.76. The van der Waals surface area contributed by atoms with Gasteiger partial charge in [-0.05, 0) is 24.8 Å². The van der Waals surface area contributed by atoms with E-state index in [2.05, 4.69) is 25.6 Å². The van der Waals surface area contributed by atoms with E-state index >= 15 is 0 Å². The van der Waals surface area contributed by atoms with Crippen LogP contribution in [-0.4, -0.2) is 55.9 Å². The first-order valence-electron chi connectivity index (χ1n) is 10.2. The molecule has 0 fully saturated rings. The molecule has 2 atom stereocenters. The van der Waals surface area contributed by atoms with Crippen molar-refractivity contribution in [1.29, 1.82) is 0 Å². The van der Waals surface area contributed by atoms with Crippen molar-refractivity contribution in [3.63, 3.8) is 0 Å². The van der Waals surface area contributed by atoms with Gasteiger partial charge in [0.05, 0.1) is 24.8 Å². The molecule has 0 saturated carbocycles. The Balaban J connectivity index is 1.64. The lowest BCUT2D eigenvalue weighted by Gasteiger charge is -2.22. The van der Waals surface area contributed by atoms with E-state index in [1.54, 1.807) is 0 Å². The number of carbonyl (C=O) groups excluding carboxylic acids is 2. The molecule has 0 bridgehead atoms. The maximum absolute atomic E-state index is 12.9. The molecule has 2 amide bonds. The predicted molar refractivity (Wildman–Crippen MR) is 115 cm³/mol. The number of hydrogen-bond acceptors (Lipinski definition) is 8. The van der Waals surface area contributed by atoms with E-state index in [9.17, 15) is 19.6 Å². The molecule has 32 heavy (non-hydrogen) atoms. The average molecular weight is 437 g/mol. The number of aryl methyl sites for hydroxylation is 1. The van der Waals surface area contributed by atoms with Gasteiger partial charge in [-0.1, -0.05) is 30.3 Å². The van der Waals surface area contributed by atoms with Crippen molar-refractivity contribution in [3.05, 3.63) is 78.5 Å². The second-order valence-electron chi connectivity index (χ2n) is 7.15. The van der Waals surface area contributed by atoms with Gasteiger partial charge in [0, 0.05) is 12.4 Å². The molecule has 166 valence electrons. The number of aromatic nitrogens is 3. The Morgan fingerprint density at radius 1 is 1.06 bits per heavy atom. The number of carbonyl (C=O) groups is 2. The molecule has 10 nitrogen and oxygen atoms in total. The molecule has 0 radical (unpaired) electrons. The summed E-state index contributed by atoms with van der Waals surface area (Å²) in [6, 6.07) is 8.69. The van der Waals surface area contributed by atoms with Gasteiger partial charge in [-0.25, -0.2) is 9.97 Å². The third-order valence-electron chi connectivity index (χ3n) is 4.79. The first-order valence-corrected chi connectivity index (χ1v) is 10.2. The van der Waals surface area contributed by atoms with Crippen LogP contribution in [0.25, 0.3) is 0 Å². The van der Waals surface area contributed by atoms with Gasteiger partial charge >= 0.3 is 7.12 Å². The molecule has 3 aromatic rings. The molecule has 0 aliphatic rings. The first kappa shape index (κ1) is 23.1. The molecule has 4 N–H and O–H groups in total. The minimum Gasteiger partial charge on any atom is -0.449 e. The molecule has 0 aliphatic heterocycles. The summed E-state index contributed by atoms with van der Waals surface area (Å²) in [5.74, 6) is -1.87. The number of rotatable bonds is 11. The summed E-state index contributed by atoms with van der Waals surface area (Å²) >= 11 is 0. The number of hydrogen-bond donors (Lipinski definition) is 4. The largest absolute Gasteiger partial charge is 0.475 e. The van der Waals surface area contributed by atoms with E-state index in [1.807, 2.05) is 30.3 Å². The van der Waals surface area contributed by atoms with E-state index in [0.717, 1.165) is 12.0 Å². The SMILES string of the molecule is O=C(N[C@H](Cc1ncco1)C(=O)N[C@@H](CCCc1ccccc1)B(O)O)c1cnccn1. The number of benzene rings is 1. The van der Waals surface area contributed by atoms with Gasteiger partial charge in [0.1, 0.15) is 18.0 Å². The summed E-state index contributed by atoms with van der Waals surface area (Å²) in [6.07, 6.45) is 8.52. The summed E-state index contributed by atoms with van der Waals surface area (Å²) in [5.41, 5.74) is 1.15. The lowest BCUT2D eigenvalue weighted by molar-refractivity contribution is -0.123. The van der Waals surface area contributed by atoms with Crippen molar-refractivity contribution in [3.8, 4) is 0 Å². The molecular formula is C21H24BN5O5. The van der Waals surface area contributed by atoms with Crippen LogP contribution >= 0.6 is 0 Å². The number of amides is 2. The molecule has 2 heterocycles. The molecule has 0 saturated heterocycles. The molecule has 0 unspecified atom stereocenters. The van der Waals surface area contributed by atoms with Gasteiger partial charge in [0.15, 0.2) is 5.89 Å². The molecule has 11 heteroatoms. The van der Waals surface area contributed by atoms with Crippen LogP contribution in [-0.2, 0) is 17.6 Å². The lowest BCUT2D eigenvalue weighted by atomic mass is 9.76. The lowest BCUT2D eigenvalue weighted by Crippen LogP contribution is -2.54. The summed E-state index contributed by atoms with van der Waals surface area (Å²) in [4.78, 5) is 37.2. The normalized spacial score (nSPS) is 12.6. The van der Waals surface area contributed by atoms with E-state index < -0.39 is 30.9 Å². The fourth-order valence-electron chi connectivity index (χ4n) is 3.14. The standard InChI is InChI=1S/C21H24BN5O5/c28-20(27-18(22(30)31)8-4-7-15-5-2-1-3-6-15)16(13-19-25-11-12-32-19)26-21(29)17-14-23-9-10-24-17/h1-3,5-6,9-12,14,16,18,30-31H,4,7-8,13H2,(H,26,29)(H,27,28)/t16-,18+/m1/s1. The molecular weight excluding hydrogens is 413 g/mol. The highest BCUT2D eigenvalue weighted by atomic mass is 16.4. The van der Waals surface area contributed by atoms with Gasteiger partial charge in [-0.3, -0.25) is 14.6 Å². The molecule has 3 rings (SSSR count). The predicted octanol–water partition coefficient (Wildman–Crippen LogP) is 0.325. The van der Waals surface area contributed by atoms with Gasteiger partial charge in [-0.15, -0.1) is 0 Å². The van der Waals surface area contributed by atoms with Crippen LogP contribution in [0.3, 0.4) is 0 Å². The zero-order valence-corrected chi connectivity index (χ0v) is 17.3. The van der Waals surface area contributed by atoms with Crippen LogP contribution in [0.15, 0.2) is 65.8 Å². The van der Waals surface area contributed by atoms with Crippen molar-refractivity contribution in [2.45, 2.75) is 37.7 Å². The highest BCUT2D eigenvalue weighted by Gasteiger charge is 2.30. The Morgan fingerprint density at radius 2 is 1.88 bits per heavy atom. The Hall–Kier alpha value is -3.57. The fourth-order valence-corrected chi connectivity index (χ4v) is 3.14. The Morgan fingerprint density at radius 3 is 2.53 bits per heavy atom. The smallest absolute Gasteiger partial charge is 0.449 e. The highest BCUT2D eigenvalue weighted by molar-refractivity contribution is 6.43. The van der Waals surface area contributed by atoms with E-state index in [-0.39, 0.29) is 18.0 Å². The van der Waals surface area contributed by atoms with Gasteiger partial charge in [-0.2, -0.15) is 0 Å². The van der Waals surface area contributed by atoms with Crippen molar-refractivity contribution < 1.29 is 24.1 Å². The minimum absolute atomic E-state index is 0.0247. The monoisotopic (exact) mass is 437 g/mol. The van der Waals surface area contributed by atoms with Crippen LogP contribution in [0.5, 0.6) is 0 Å². The number of nitrogens with zero attached hydrogens (tertiary/aromatic N) is 3. The molecule has 0 spiro atoms. The van der Waals surface area contributed by atoms with Crippen molar-refractivity contribution >= 4 is 18.9 Å². The van der Waals surface area contributed by atoms with E-state index in [1.165, 1.54) is 31.1 Å². The summed E-state index contributed by atoms with van der Waals surface area (Å²) in [6.45, 7) is 0. The maximum Gasteiger partial charge on any atom is 0.475 e. The van der Waals surface area contributed by atoms with Crippen molar-refractivity contribution in [2.75, 3.05) is 0 Å². The van der Waals surface area contributed by atoms with Gasteiger partial charge in [0.2, 0.25) is 5.91 Å². The Labute approximate surface area is 185 Å². The summed E-state index contributed by atoms with van der Waals surface area (Å²) < 4.78 is 5.20. The Kier molecular flexibility index (Phi) is 8.47. The van der Waals surface area contributed by atoms with Crippen LogP contribution in [0, 0.1) is 0 Å². The quantitative estimate of drug-likeness (QED) is 0.314. The molecule has 2 aromatic heterocycles. The molecule has 0 aliphatic carbocycles. The third kappa shape index (κ3) is 7.00. The number of oxazole rings is 1. The zero-order chi connectivity index (χ0) is 22.8. The third-order valence-corrected chi connectivity index (χ3v) is 4.79. The van der Waals surface area contributed by atoms with Gasteiger partial charge in [0.25, 0.3) is 5.91 Å². The number of nitrogens with one attached hydrogen (secondary N) is 2. The van der Waals surface area contributed by atoms with Crippen LogP contribution in [0.4, 0.5) is 0 Å². The second kappa shape index (κ2) is 11.7. The van der Waals surface area contributed by atoms with Gasteiger partial charge < -0.3 is 25.1 Å². The van der Waals surface area contributed by atoms with Crippen LogP contribution < -0.4 is 10.6 Å². The van der Waals surface area contributed by atoms with Crippen molar-refractivity contribution in [1.82, 2.24) is 25.6 Å². The van der Waals surface area contributed by atoms with Crippen LogP contribution in [0.2, 0.25) is 0 Å². The zero-order valence-electron chi connectivity index (χ0n) is 17.3. The van der Waals surface area contributed by atoms with E-state index in [4.69, 9.17) is 4.42 Å². The van der Waals surface area contributed by atoms with E-state index in [0.29, 0.717) is 12.8 Å². The summed E-state index contributed by atoms with van der Waals surface area (Å²) in [5, 5.41) is 24.7. The Bertz CT molecular complexity index is 973.